The molecule has 1 N–H and O–H groups in total. The summed E-state index contributed by atoms with van der Waals surface area (Å²) in [5.74, 6) is 0.512. The highest BCUT2D eigenvalue weighted by Crippen LogP contribution is 2.18. The Balaban J connectivity index is 2.52. The van der Waals surface area contributed by atoms with E-state index in [1.54, 1.807) is 7.05 Å². The fourth-order valence-electron chi connectivity index (χ4n) is 1.22. The largest absolute Gasteiger partial charge is 0.316 e. The van der Waals surface area contributed by atoms with E-state index in [2.05, 4.69) is 11.9 Å². The van der Waals surface area contributed by atoms with Gasteiger partial charge in [-0.15, -0.1) is 0 Å². The molecule has 14 heavy (non-hydrogen) atoms. The molecular formula is C9H14N2O2S. The van der Waals surface area contributed by atoms with Crippen molar-refractivity contribution < 1.29 is 9.59 Å². The Hall–Kier alpha value is -0.810. The third-order valence-corrected chi connectivity index (χ3v) is 2.75. The molecule has 0 aliphatic carbocycles. The Bertz CT molecular complexity index is 250. The maximum absolute atomic E-state index is 11.4. The molecule has 1 saturated heterocycles. The molecule has 4 nitrogen and oxygen atoms in total. The van der Waals surface area contributed by atoms with Crippen molar-refractivity contribution in [3.8, 4) is 0 Å². The molecule has 0 saturated carbocycles. The second-order valence-electron chi connectivity index (χ2n) is 3.12. The van der Waals surface area contributed by atoms with Crippen molar-refractivity contribution in [2.45, 2.75) is 6.42 Å². The van der Waals surface area contributed by atoms with Gasteiger partial charge in [0.2, 0.25) is 5.91 Å². The molecule has 2 amide bonds. The monoisotopic (exact) mass is 214 g/mol. The maximum atomic E-state index is 11.4. The number of rotatable bonds is 4. The molecule has 0 aromatic carbocycles. The summed E-state index contributed by atoms with van der Waals surface area (Å²) in [6.45, 7) is 4.76. The number of nitrogens with zero attached hydrogens (tertiary/aromatic N) is 1. The van der Waals surface area contributed by atoms with Crippen molar-refractivity contribution in [1.82, 2.24) is 10.2 Å². The molecule has 5 heteroatoms. The van der Waals surface area contributed by atoms with Crippen molar-refractivity contribution in [1.29, 1.82) is 0 Å². The molecular weight excluding hydrogens is 200 g/mol. The van der Waals surface area contributed by atoms with Crippen molar-refractivity contribution in [2.24, 2.45) is 0 Å². The topological polar surface area (TPSA) is 49.4 Å². The van der Waals surface area contributed by atoms with E-state index >= 15 is 0 Å². The van der Waals surface area contributed by atoms with Crippen LogP contribution in [0.25, 0.3) is 0 Å². The van der Waals surface area contributed by atoms with E-state index in [0.29, 0.717) is 25.3 Å². The molecule has 1 rings (SSSR count). The van der Waals surface area contributed by atoms with Crippen LogP contribution in [0.1, 0.15) is 6.42 Å². The van der Waals surface area contributed by atoms with Gasteiger partial charge in [-0.25, -0.2) is 0 Å². The first-order chi connectivity index (χ1) is 6.65. The highest BCUT2D eigenvalue weighted by molar-refractivity contribution is 8.13. The summed E-state index contributed by atoms with van der Waals surface area (Å²) in [5.41, 5.74) is 0.844. The van der Waals surface area contributed by atoms with Crippen LogP contribution < -0.4 is 5.32 Å². The number of nitrogens with one attached hydrogen (secondary N) is 1. The van der Waals surface area contributed by atoms with Crippen LogP contribution in [0, 0.1) is 0 Å². The fourth-order valence-corrected chi connectivity index (χ4v) is 2.00. The highest BCUT2D eigenvalue weighted by Gasteiger charge is 2.26. The van der Waals surface area contributed by atoms with Crippen molar-refractivity contribution in [3.63, 3.8) is 0 Å². The van der Waals surface area contributed by atoms with Gasteiger partial charge >= 0.3 is 0 Å². The Morgan fingerprint density at radius 3 is 2.93 bits per heavy atom. The van der Waals surface area contributed by atoms with E-state index in [9.17, 15) is 9.59 Å². The molecule has 78 valence electrons. The minimum Gasteiger partial charge on any atom is -0.316 e. The number of likely N-dealkylation sites (N-methyl/N-ethyl adjacent to an activating group) is 1. The van der Waals surface area contributed by atoms with Crippen molar-refractivity contribution >= 4 is 22.9 Å². The van der Waals surface area contributed by atoms with Gasteiger partial charge in [-0.1, -0.05) is 18.3 Å². The average Bonchev–Trinajstić information content (AvgIpc) is 2.12. The molecule has 1 fully saturated rings. The molecule has 0 bridgehead atoms. The smallest absolute Gasteiger partial charge is 0.288 e. The third-order valence-electron chi connectivity index (χ3n) is 1.87. The zero-order chi connectivity index (χ0) is 10.6. The average molecular weight is 214 g/mol. The second-order valence-corrected chi connectivity index (χ2v) is 4.17. The lowest BCUT2D eigenvalue weighted by atomic mass is 10.2. The van der Waals surface area contributed by atoms with Gasteiger partial charge in [-0.3, -0.25) is 14.5 Å². The molecule has 0 aromatic heterocycles. The molecule has 0 spiro atoms. The Labute approximate surface area is 87.7 Å². The van der Waals surface area contributed by atoms with E-state index in [0.717, 1.165) is 5.57 Å². The molecule has 1 aliphatic heterocycles. The van der Waals surface area contributed by atoms with Crippen LogP contribution in [-0.4, -0.2) is 41.9 Å². The number of carbonyl (C=O) groups is 2. The number of imide groups is 1. The standard InChI is InChI=1S/C9H14N2O2S/c1-7(5-10-2)6-11-8(12)3-4-14-9(11)13/h10H,1,3-6H2,2H3. The molecule has 0 aromatic rings. The predicted octanol–water partition coefficient (Wildman–Crippen LogP) is 0.847. The lowest BCUT2D eigenvalue weighted by Crippen LogP contribution is -2.40. The van der Waals surface area contributed by atoms with E-state index in [1.165, 1.54) is 16.7 Å². The predicted molar refractivity (Wildman–Crippen MR) is 57.3 cm³/mol. The van der Waals surface area contributed by atoms with Crippen LogP contribution in [0.5, 0.6) is 0 Å². The Morgan fingerprint density at radius 2 is 2.36 bits per heavy atom. The van der Waals surface area contributed by atoms with Crippen LogP contribution in [0.15, 0.2) is 12.2 Å². The van der Waals surface area contributed by atoms with Crippen LogP contribution >= 0.6 is 11.8 Å². The van der Waals surface area contributed by atoms with Crippen LogP contribution in [0.4, 0.5) is 4.79 Å². The SMILES string of the molecule is C=C(CNC)CN1C(=O)CCSC1=O. The summed E-state index contributed by atoms with van der Waals surface area (Å²) in [4.78, 5) is 24.0. The molecule has 0 atom stereocenters. The van der Waals surface area contributed by atoms with Crippen molar-refractivity contribution in [2.75, 3.05) is 25.9 Å². The molecule has 0 unspecified atom stereocenters. The lowest BCUT2D eigenvalue weighted by Gasteiger charge is -2.24. The van der Waals surface area contributed by atoms with Gasteiger partial charge in [-0.2, -0.15) is 0 Å². The van der Waals surface area contributed by atoms with E-state index < -0.39 is 0 Å². The van der Waals surface area contributed by atoms with Gasteiger partial charge in [0.15, 0.2) is 0 Å². The summed E-state index contributed by atoms with van der Waals surface area (Å²) >= 11 is 1.19. The zero-order valence-electron chi connectivity index (χ0n) is 8.21. The first kappa shape index (κ1) is 11.3. The van der Waals surface area contributed by atoms with Crippen LogP contribution in [-0.2, 0) is 4.79 Å². The van der Waals surface area contributed by atoms with E-state index in [1.807, 2.05) is 0 Å². The summed E-state index contributed by atoms with van der Waals surface area (Å²) < 4.78 is 0. The second kappa shape index (κ2) is 5.17. The fraction of sp³-hybridized carbons (Fsp3) is 0.556. The minimum absolute atomic E-state index is 0.0917. The summed E-state index contributed by atoms with van der Waals surface area (Å²) in [5, 5.41) is 2.78. The number of thioether (sulfide) groups is 1. The normalized spacial score (nSPS) is 17.4. The van der Waals surface area contributed by atoms with Gasteiger partial charge in [0.25, 0.3) is 5.24 Å². The Morgan fingerprint density at radius 1 is 1.64 bits per heavy atom. The number of carbonyl (C=O) groups excluding carboxylic acids is 2. The van der Waals surface area contributed by atoms with E-state index in [4.69, 9.17) is 0 Å². The Kier molecular flexibility index (Phi) is 4.16. The van der Waals surface area contributed by atoms with Crippen LogP contribution in [0.3, 0.4) is 0 Å². The molecule has 1 heterocycles. The van der Waals surface area contributed by atoms with E-state index in [-0.39, 0.29) is 11.1 Å². The third kappa shape index (κ3) is 2.85. The van der Waals surface area contributed by atoms with Gasteiger partial charge in [-0.05, 0) is 12.6 Å². The summed E-state index contributed by atoms with van der Waals surface area (Å²) in [7, 11) is 1.81. The number of amides is 2. The number of hydrogen-bond acceptors (Lipinski definition) is 4. The number of hydrogen-bond donors (Lipinski definition) is 1. The van der Waals surface area contributed by atoms with Gasteiger partial charge in [0, 0.05) is 18.7 Å². The van der Waals surface area contributed by atoms with Crippen LogP contribution in [0.2, 0.25) is 0 Å². The first-order valence-corrected chi connectivity index (χ1v) is 5.42. The van der Waals surface area contributed by atoms with Gasteiger partial charge in [0.1, 0.15) is 0 Å². The maximum Gasteiger partial charge on any atom is 0.288 e. The first-order valence-electron chi connectivity index (χ1n) is 4.43. The lowest BCUT2D eigenvalue weighted by molar-refractivity contribution is -0.127. The van der Waals surface area contributed by atoms with Crippen molar-refractivity contribution in [3.05, 3.63) is 12.2 Å². The molecule has 1 aliphatic rings. The highest BCUT2D eigenvalue weighted by atomic mass is 32.2. The molecule has 0 radical (unpaired) electrons. The summed E-state index contributed by atoms with van der Waals surface area (Å²) in [6, 6.07) is 0. The van der Waals surface area contributed by atoms with Gasteiger partial charge < -0.3 is 5.32 Å². The van der Waals surface area contributed by atoms with Gasteiger partial charge in [0.05, 0.1) is 6.54 Å². The minimum atomic E-state index is -0.154. The summed E-state index contributed by atoms with van der Waals surface area (Å²) in [6.07, 6.45) is 0.448. The quantitative estimate of drug-likeness (QED) is 0.705. The zero-order valence-corrected chi connectivity index (χ0v) is 9.02.